The lowest BCUT2D eigenvalue weighted by Crippen LogP contribution is -2.37. The predicted molar refractivity (Wildman–Crippen MR) is 67.6 cm³/mol. The third-order valence-corrected chi connectivity index (χ3v) is 2.55. The number of rotatable bonds is 3. The molecule has 0 saturated carbocycles. The van der Waals surface area contributed by atoms with Gasteiger partial charge in [-0.05, 0) is 51.4 Å². The van der Waals surface area contributed by atoms with Gasteiger partial charge in [-0.25, -0.2) is 4.98 Å². The molecule has 0 unspecified atom stereocenters. The van der Waals surface area contributed by atoms with Crippen LogP contribution in [0.1, 0.15) is 26.3 Å². The van der Waals surface area contributed by atoms with Gasteiger partial charge in [0.1, 0.15) is 0 Å². The molecule has 2 N–H and O–H groups in total. The van der Waals surface area contributed by atoms with Crippen LogP contribution in [0.25, 0.3) is 11.0 Å². The van der Waals surface area contributed by atoms with Gasteiger partial charge in [-0.3, -0.25) is 0 Å². The first-order chi connectivity index (χ1) is 7.54. The fraction of sp³-hybridized carbons (Fsp3) is 0.462. The maximum atomic E-state index is 4.21. The first kappa shape index (κ1) is 11.1. The van der Waals surface area contributed by atoms with Gasteiger partial charge in [-0.2, -0.15) is 0 Å². The molecule has 86 valence electrons. The maximum Gasteiger partial charge on any atom is 0.0931 e. The van der Waals surface area contributed by atoms with Crippen LogP contribution < -0.4 is 5.32 Å². The molecule has 0 aliphatic heterocycles. The first-order valence-corrected chi connectivity index (χ1v) is 5.72. The second-order valence-corrected chi connectivity index (χ2v) is 5.18. The highest BCUT2D eigenvalue weighted by Gasteiger charge is 2.07. The molecule has 0 atom stereocenters. The zero-order valence-electron chi connectivity index (χ0n) is 10.2. The molecule has 0 spiro atoms. The summed E-state index contributed by atoms with van der Waals surface area (Å²) in [4.78, 5) is 7.34. The second-order valence-electron chi connectivity index (χ2n) is 5.18. The number of aromatic amines is 1. The number of aromatic nitrogens is 2. The molecular weight excluding hydrogens is 198 g/mol. The SMILES string of the molecule is CC(C)(C)NCCc1ccc2nc[nH]c2c1. The van der Waals surface area contributed by atoms with Gasteiger partial charge >= 0.3 is 0 Å². The van der Waals surface area contributed by atoms with Gasteiger partial charge < -0.3 is 10.3 Å². The van der Waals surface area contributed by atoms with Crippen molar-refractivity contribution in [2.45, 2.75) is 32.7 Å². The third kappa shape index (κ3) is 2.83. The highest BCUT2D eigenvalue weighted by molar-refractivity contribution is 5.75. The highest BCUT2D eigenvalue weighted by Crippen LogP contribution is 2.12. The molecule has 3 heteroatoms. The Hall–Kier alpha value is -1.35. The topological polar surface area (TPSA) is 40.7 Å². The lowest BCUT2D eigenvalue weighted by atomic mass is 10.1. The number of imidazole rings is 1. The van der Waals surface area contributed by atoms with E-state index in [4.69, 9.17) is 0 Å². The van der Waals surface area contributed by atoms with Crippen molar-refractivity contribution in [1.29, 1.82) is 0 Å². The average Bonchev–Trinajstić information content (AvgIpc) is 2.62. The Morgan fingerprint density at radius 3 is 2.88 bits per heavy atom. The zero-order chi connectivity index (χ0) is 11.6. The Labute approximate surface area is 96.3 Å². The number of nitrogens with zero attached hydrogens (tertiary/aromatic N) is 1. The Kier molecular flexibility index (Phi) is 2.97. The molecule has 1 heterocycles. The molecule has 0 aliphatic carbocycles. The van der Waals surface area contributed by atoms with E-state index < -0.39 is 0 Å². The summed E-state index contributed by atoms with van der Waals surface area (Å²) >= 11 is 0. The number of benzene rings is 1. The van der Waals surface area contributed by atoms with Crippen LogP contribution in [0.4, 0.5) is 0 Å². The summed E-state index contributed by atoms with van der Waals surface area (Å²) in [5.41, 5.74) is 3.69. The van der Waals surface area contributed by atoms with Crippen molar-refractivity contribution >= 4 is 11.0 Å². The quantitative estimate of drug-likeness (QED) is 0.829. The normalized spacial score (nSPS) is 12.2. The van der Waals surface area contributed by atoms with E-state index in [-0.39, 0.29) is 5.54 Å². The van der Waals surface area contributed by atoms with Crippen molar-refractivity contribution in [2.24, 2.45) is 0 Å². The zero-order valence-corrected chi connectivity index (χ0v) is 10.2. The lowest BCUT2D eigenvalue weighted by molar-refractivity contribution is 0.429. The van der Waals surface area contributed by atoms with Gasteiger partial charge in [-0.15, -0.1) is 0 Å². The van der Waals surface area contributed by atoms with Gasteiger partial charge in [-0.1, -0.05) is 6.07 Å². The molecular formula is C13H19N3. The van der Waals surface area contributed by atoms with E-state index in [1.54, 1.807) is 6.33 Å². The predicted octanol–water partition coefficient (Wildman–Crippen LogP) is 2.49. The Balaban J connectivity index is 1.99. The minimum absolute atomic E-state index is 0.193. The van der Waals surface area contributed by atoms with E-state index in [9.17, 15) is 0 Å². The highest BCUT2D eigenvalue weighted by atomic mass is 14.9. The van der Waals surface area contributed by atoms with E-state index in [2.05, 4.69) is 54.3 Å². The van der Waals surface area contributed by atoms with E-state index in [0.29, 0.717) is 0 Å². The fourth-order valence-electron chi connectivity index (χ4n) is 1.72. The summed E-state index contributed by atoms with van der Waals surface area (Å²) in [6, 6.07) is 6.39. The monoisotopic (exact) mass is 217 g/mol. The smallest absolute Gasteiger partial charge is 0.0931 e. The van der Waals surface area contributed by atoms with Crippen molar-refractivity contribution in [3.05, 3.63) is 30.1 Å². The van der Waals surface area contributed by atoms with Gasteiger partial charge in [0.05, 0.1) is 17.4 Å². The summed E-state index contributed by atoms with van der Waals surface area (Å²) < 4.78 is 0. The molecule has 0 amide bonds. The van der Waals surface area contributed by atoms with Crippen molar-refractivity contribution < 1.29 is 0 Å². The van der Waals surface area contributed by atoms with Gasteiger partial charge in [0.2, 0.25) is 0 Å². The van der Waals surface area contributed by atoms with Crippen LogP contribution >= 0.6 is 0 Å². The summed E-state index contributed by atoms with van der Waals surface area (Å²) in [6.45, 7) is 7.56. The fourth-order valence-corrected chi connectivity index (χ4v) is 1.72. The molecule has 0 saturated heterocycles. The molecule has 0 radical (unpaired) electrons. The van der Waals surface area contributed by atoms with E-state index in [1.807, 2.05) is 0 Å². The van der Waals surface area contributed by atoms with Crippen LogP contribution in [-0.2, 0) is 6.42 Å². The van der Waals surface area contributed by atoms with Gasteiger partial charge in [0.25, 0.3) is 0 Å². The van der Waals surface area contributed by atoms with Gasteiger partial charge in [0.15, 0.2) is 0 Å². The van der Waals surface area contributed by atoms with E-state index >= 15 is 0 Å². The maximum absolute atomic E-state index is 4.21. The second kappa shape index (κ2) is 4.26. The number of hydrogen-bond donors (Lipinski definition) is 2. The Bertz CT molecular complexity index is 465. The molecule has 1 aromatic heterocycles. The largest absolute Gasteiger partial charge is 0.345 e. The minimum atomic E-state index is 0.193. The molecule has 2 rings (SSSR count). The summed E-state index contributed by atoms with van der Waals surface area (Å²) in [7, 11) is 0. The molecule has 0 bridgehead atoms. The van der Waals surface area contributed by atoms with E-state index in [1.165, 1.54) is 5.56 Å². The Morgan fingerprint density at radius 1 is 1.31 bits per heavy atom. The van der Waals surface area contributed by atoms with Crippen molar-refractivity contribution in [1.82, 2.24) is 15.3 Å². The summed E-state index contributed by atoms with van der Waals surface area (Å²) in [5, 5.41) is 3.49. The molecule has 1 aromatic carbocycles. The van der Waals surface area contributed by atoms with Crippen LogP contribution in [0.5, 0.6) is 0 Å². The molecule has 2 aromatic rings. The molecule has 0 fully saturated rings. The summed E-state index contributed by atoms with van der Waals surface area (Å²) in [6.07, 6.45) is 2.79. The molecule has 0 aliphatic rings. The average molecular weight is 217 g/mol. The first-order valence-electron chi connectivity index (χ1n) is 5.72. The van der Waals surface area contributed by atoms with Crippen LogP contribution in [0.2, 0.25) is 0 Å². The lowest BCUT2D eigenvalue weighted by Gasteiger charge is -2.20. The molecule has 16 heavy (non-hydrogen) atoms. The molecule has 3 nitrogen and oxygen atoms in total. The Morgan fingerprint density at radius 2 is 2.12 bits per heavy atom. The van der Waals surface area contributed by atoms with Crippen molar-refractivity contribution in [3.8, 4) is 0 Å². The number of H-pyrrole nitrogens is 1. The van der Waals surface area contributed by atoms with Crippen LogP contribution in [-0.4, -0.2) is 22.1 Å². The standard InChI is InChI=1S/C13H19N3/c1-13(2,3)16-7-6-10-4-5-11-12(8-10)15-9-14-11/h4-5,8-9,16H,6-7H2,1-3H3,(H,14,15). The van der Waals surface area contributed by atoms with Crippen molar-refractivity contribution in [2.75, 3.05) is 6.54 Å². The number of hydrogen-bond acceptors (Lipinski definition) is 2. The van der Waals surface area contributed by atoms with Crippen LogP contribution in [0.3, 0.4) is 0 Å². The number of fused-ring (bicyclic) bond motifs is 1. The summed E-state index contributed by atoms with van der Waals surface area (Å²) in [5.74, 6) is 0. The van der Waals surface area contributed by atoms with Crippen molar-refractivity contribution in [3.63, 3.8) is 0 Å². The number of nitrogens with one attached hydrogen (secondary N) is 2. The van der Waals surface area contributed by atoms with Gasteiger partial charge in [0, 0.05) is 5.54 Å². The van der Waals surface area contributed by atoms with Crippen LogP contribution in [0.15, 0.2) is 24.5 Å². The third-order valence-electron chi connectivity index (χ3n) is 2.55. The minimum Gasteiger partial charge on any atom is -0.345 e. The van der Waals surface area contributed by atoms with Crippen LogP contribution in [0, 0.1) is 0 Å². The van der Waals surface area contributed by atoms with E-state index in [0.717, 1.165) is 24.0 Å².